The Kier molecular flexibility index (Phi) is 4.94. The normalized spacial score (nSPS) is 10.9. The van der Waals surface area contributed by atoms with Gasteiger partial charge in [-0.05, 0) is 49.2 Å². The predicted octanol–water partition coefficient (Wildman–Crippen LogP) is 4.29. The molecule has 0 radical (unpaired) electrons. The number of fused-ring (bicyclic) bond motifs is 1. The number of para-hydroxylation sites is 2. The number of carbonyl (C=O) groups excluding carboxylic acids is 1. The highest BCUT2D eigenvalue weighted by molar-refractivity contribution is 5.94. The largest absolute Gasteiger partial charge is 0.339 e. The van der Waals surface area contributed by atoms with Gasteiger partial charge in [0.15, 0.2) is 0 Å². The molecule has 0 aliphatic rings. The zero-order chi connectivity index (χ0) is 16.9. The summed E-state index contributed by atoms with van der Waals surface area (Å²) < 4.78 is 2.04. The molecule has 4 nitrogen and oxygen atoms in total. The van der Waals surface area contributed by atoms with Crippen molar-refractivity contribution in [3.63, 3.8) is 0 Å². The van der Waals surface area contributed by atoms with Gasteiger partial charge in [-0.25, -0.2) is 4.98 Å². The Morgan fingerprint density at radius 3 is 2.33 bits per heavy atom. The van der Waals surface area contributed by atoms with E-state index < -0.39 is 0 Å². The van der Waals surface area contributed by atoms with Crippen LogP contribution < -0.4 is 0 Å². The molecule has 0 saturated carbocycles. The van der Waals surface area contributed by atoms with Gasteiger partial charge in [0.05, 0.1) is 11.0 Å². The molecule has 0 aliphatic carbocycles. The molecule has 4 heteroatoms. The van der Waals surface area contributed by atoms with Gasteiger partial charge in [-0.15, -0.1) is 0 Å². The molecule has 0 saturated heterocycles. The van der Waals surface area contributed by atoms with Crippen LogP contribution in [0.15, 0.2) is 54.9 Å². The average Bonchev–Trinajstić information content (AvgIpc) is 3.05. The number of benzene rings is 2. The van der Waals surface area contributed by atoms with Crippen LogP contribution >= 0.6 is 0 Å². The van der Waals surface area contributed by atoms with Crippen LogP contribution in [0.4, 0.5) is 0 Å². The Bertz CT molecular complexity index is 814. The number of hydrogen-bond donors (Lipinski definition) is 0. The van der Waals surface area contributed by atoms with Gasteiger partial charge >= 0.3 is 0 Å². The lowest BCUT2D eigenvalue weighted by Crippen LogP contribution is -2.32. The standard InChI is InChI=1S/C20H23N3O/c1-3-13-22(14-4-2)20(24)16-9-11-17(12-10-16)23-15-21-18-7-5-6-8-19(18)23/h5-12,15H,3-4,13-14H2,1-2H3. The summed E-state index contributed by atoms with van der Waals surface area (Å²) in [5.74, 6) is 0.112. The summed E-state index contributed by atoms with van der Waals surface area (Å²) >= 11 is 0. The summed E-state index contributed by atoms with van der Waals surface area (Å²) in [6, 6.07) is 15.8. The minimum absolute atomic E-state index is 0.112. The van der Waals surface area contributed by atoms with E-state index in [1.807, 2.05) is 64.3 Å². The Morgan fingerprint density at radius 2 is 1.67 bits per heavy atom. The number of nitrogens with zero attached hydrogens (tertiary/aromatic N) is 3. The minimum Gasteiger partial charge on any atom is -0.339 e. The molecule has 2 aromatic carbocycles. The van der Waals surface area contributed by atoms with Crippen molar-refractivity contribution in [2.24, 2.45) is 0 Å². The molecule has 0 unspecified atom stereocenters. The molecule has 24 heavy (non-hydrogen) atoms. The third kappa shape index (κ3) is 3.18. The van der Waals surface area contributed by atoms with Crippen molar-refractivity contribution in [1.29, 1.82) is 0 Å². The minimum atomic E-state index is 0.112. The van der Waals surface area contributed by atoms with Crippen LogP contribution in [0.2, 0.25) is 0 Å². The molecule has 1 aromatic heterocycles. The molecule has 1 amide bonds. The summed E-state index contributed by atoms with van der Waals surface area (Å²) in [5, 5.41) is 0. The van der Waals surface area contributed by atoms with Crippen molar-refractivity contribution in [3.8, 4) is 5.69 Å². The van der Waals surface area contributed by atoms with Crippen molar-refractivity contribution >= 4 is 16.9 Å². The summed E-state index contributed by atoms with van der Waals surface area (Å²) in [6.07, 6.45) is 3.78. The van der Waals surface area contributed by atoms with Crippen molar-refractivity contribution in [1.82, 2.24) is 14.5 Å². The third-order valence-electron chi connectivity index (χ3n) is 4.12. The van der Waals surface area contributed by atoms with E-state index in [9.17, 15) is 4.79 Å². The molecule has 124 valence electrons. The summed E-state index contributed by atoms with van der Waals surface area (Å²) in [7, 11) is 0. The monoisotopic (exact) mass is 321 g/mol. The van der Waals surface area contributed by atoms with Gasteiger partial charge in [0.25, 0.3) is 5.91 Å². The molecular formula is C20H23N3O. The van der Waals surface area contributed by atoms with Gasteiger partial charge in [0, 0.05) is 24.3 Å². The lowest BCUT2D eigenvalue weighted by atomic mass is 10.1. The highest BCUT2D eigenvalue weighted by Crippen LogP contribution is 2.18. The van der Waals surface area contributed by atoms with Crippen LogP contribution in [0.25, 0.3) is 16.7 Å². The molecular weight excluding hydrogens is 298 g/mol. The smallest absolute Gasteiger partial charge is 0.253 e. The number of aromatic nitrogens is 2. The first-order valence-corrected chi connectivity index (χ1v) is 8.56. The van der Waals surface area contributed by atoms with Gasteiger partial charge < -0.3 is 4.90 Å². The highest BCUT2D eigenvalue weighted by Gasteiger charge is 2.14. The Labute approximate surface area is 142 Å². The van der Waals surface area contributed by atoms with Crippen molar-refractivity contribution < 1.29 is 4.79 Å². The Balaban J connectivity index is 1.86. The molecule has 3 aromatic rings. The second-order valence-corrected chi connectivity index (χ2v) is 5.94. The summed E-state index contributed by atoms with van der Waals surface area (Å²) in [6.45, 7) is 5.81. The van der Waals surface area contributed by atoms with E-state index in [4.69, 9.17) is 0 Å². The SMILES string of the molecule is CCCN(CCC)C(=O)c1ccc(-n2cnc3ccccc32)cc1. The van der Waals surface area contributed by atoms with E-state index in [0.29, 0.717) is 0 Å². The second kappa shape index (κ2) is 7.30. The van der Waals surface area contributed by atoms with Crippen molar-refractivity contribution in [3.05, 3.63) is 60.4 Å². The maximum absolute atomic E-state index is 12.6. The highest BCUT2D eigenvalue weighted by atomic mass is 16.2. The van der Waals surface area contributed by atoms with Gasteiger partial charge in [0.1, 0.15) is 6.33 Å². The van der Waals surface area contributed by atoms with E-state index in [2.05, 4.69) is 18.8 Å². The molecule has 3 rings (SSSR count). The first kappa shape index (κ1) is 16.2. The zero-order valence-corrected chi connectivity index (χ0v) is 14.3. The van der Waals surface area contributed by atoms with Crippen LogP contribution in [-0.4, -0.2) is 33.4 Å². The number of hydrogen-bond acceptors (Lipinski definition) is 2. The fourth-order valence-electron chi connectivity index (χ4n) is 2.97. The van der Waals surface area contributed by atoms with Gasteiger partial charge in [-0.3, -0.25) is 9.36 Å². The molecule has 0 fully saturated rings. The van der Waals surface area contributed by atoms with Crippen LogP contribution in [-0.2, 0) is 0 Å². The summed E-state index contributed by atoms with van der Waals surface area (Å²) in [5.41, 5.74) is 3.78. The van der Waals surface area contributed by atoms with Gasteiger partial charge in [-0.2, -0.15) is 0 Å². The van der Waals surface area contributed by atoms with E-state index >= 15 is 0 Å². The van der Waals surface area contributed by atoms with E-state index in [1.165, 1.54) is 0 Å². The lowest BCUT2D eigenvalue weighted by Gasteiger charge is -2.21. The van der Waals surface area contributed by atoms with Gasteiger partial charge in [0.2, 0.25) is 0 Å². The third-order valence-corrected chi connectivity index (χ3v) is 4.12. The first-order valence-electron chi connectivity index (χ1n) is 8.56. The molecule has 0 aliphatic heterocycles. The van der Waals surface area contributed by atoms with Crippen LogP contribution in [0.1, 0.15) is 37.0 Å². The van der Waals surface area contributed by atoms with E-state index in [0.717, 1.165) is 48.2 Å². The molecule has 0 N–H and O–H groups in total. The number of amides is 1. The van der Waals surface area contributed by atoms with Crippen molar-refractivity contribution in [2.75, 3.05) is 13.1 Å². The van der Waals surface area contributed by atoms with Crippen LogP contribution in [0, 0.1) is 0 Å². The van der Waals surface area contributed by atoms with E-state index in [1.54, 1.807) is 0 Å². The lowest BCUT2D eigenvalue weighted by molar-refractivity contribution is 0.0755. The average molecular weight is 321 g/mol. The van der Waals surface area contributed by atoms with Crippen LogP contribution in [0.5, 0.6) is 0 Å². The molecule has 0 bridgehead atoms. The fourth-order valence-corrected chi connectivity index (χ4v) is 2.97. The maximum atomic E-state index is 12.6. The Hall–Kier alpha value is -2.62. The number of rotatable bonds is 6. The molecule has 1 heterocycles. The zero-order valence-electron chi connectivity index (χ0n) is 14.3. The number of imidazole rings is 1. The predicted molar refractivity (Wildman–Crippen MR) is 97.6 cm³/mol. The van der Waals surface area contributed by atoms with Gasteiger partial charge in [-0.1, -0.05) is 26.0 Å². The topological polar surface area (TPSA) is 38.1 Å². The molecule has 0 atom stereocenters. The second-order valence-electron chi connectivity index (χ2n) is 5.94. The van der Waals surface area contributed by atoms with E-state index in [-0.39, 0.29) is 5.91 Å². The van der Waals surface area contributed by atoms with Crippen molar-refractivity contribution in [2.45, 2.75) is 26.7 Å². The maximum Gasteiger partial charge on any atom is 0.253 e. The molecule has 0 spiro atoms. The quantitative estimate of drug-likeness (QED) is 0.679. The number of carbonyl (C=O) groups is 1. The van der Waals surface area contributed by atoms with Crippen LogP contribution in [0.3, 0.4) is 0 Å². The summed E-state index contributed by atoms with van der Waals surface area (Å²) in [4.78, 5) is 19.0. The Morgan fingerprint density at radius 1 is 1.00 bits per heavy atom. The first-order chi connectivity index (χ1) is 11.7. The fraction of sp³-hybridized carbons (Fsp3) is 0.300.